The summed E-state index contributed by atoms with van der Waals surface area (Å²) in [6.07, 6.45) is 1.21. The van der Waals surface area contributed by atoms with Gasteiger partial charge in [0.1, 0.15) is 0 Å². The standard InChI is InChI=1S/C14H26N2Si/c1-7-12(2)13-10-8-9-11-14(13)17(15(3)4)16(5)6/h8-12,17H,7H2,1-6H3. The van der Waals surface area contributed by atoms with Crippen LogP contribution in [-0.2, 0) is 0 Å². The third-order valence-corrected chi connectivity index (χ3v) is 6.43. The lowest BCUT2D eigenvalue weighted by molar-refractivity contribution is 0.530. The molecule has 0 saturated heterocycles. The van der Waals surface area contributed by atoms with Gasteiger partial charge in [-0.25, -0.2) is 0 Å². The largest absolute Gasteiger partial charge is 0.316 e. The highest BCUT2D eigenvalue weighted by Crippen LogP contribution is 2.17. The average molecular weight is 250 g/mol. The molecule has 1 unspecified atom stereocenters. The minimum atomic E-state index is -1.18. The van der Waals surface area contributed by atoms with E-state index in [1.807, 2.05) is 0 Å². The van der Waals surface area contributed by atoms with Crippen LogP contribution in [0.25, 0.3) is 0 Å². The summed E-state index contributed by atoms with van der Waals surface area (Å²) in [5.74, 6) is 0.654. The van der Waals surface area contributed by atoms with Gasteiger partial charge in [-0.15, -0.1) is 0 Å². The summed E-state index contributed by atoms with van der Waals surface area (Å²) in [5.41, 5.74) is 1.54. The van der Waals surface area contributed by atoms with Gasteiger partial charge in [0.25, 0.3) is 0 Å². The first kappa shape index (κ1) is 14.4. The Kier molecular flexibility index (Phi) is 5.37. The van der Waals surface area contributed by atoms with Crippen LogP contribution >= 0.6 is 0 Å². The van der Waals surface area contributed by atoms with Crippen molar-refractivity contribution in [3.8, 4) is 0 Å². The Balaban J connectivity index is 3.18. The van der Waals surface area contributed by atoms with Crippen molar-refractivity contribution >= 4 is 14.3 Å². The molecule has 0 aliphatic carbocycles. The van der Waals surface area contributed by atoms with Crippen molar-refractivity contribution in [1.82, 2.24) is 9.13 Å². The van der Waals surface area contributed by atoms with Gasteiger partial charge in [0.2, 0.25) is 9.12 Å². The van der Waals surface area contributed by atoms with Crippen LogP contribution < -0.4 is 5.19 Å². The number of nitrogens with zero attached hydrogens (tertiary/aromatic N) is 2. The predicted molar refractivity (Wildman–Crippen MR) is 79.3 cm³/mol. The lowest BCUT2D eigenvalue weighted by atomic mass is 9.99. The van der Waals surface area contributed by atoms with Crippen molar-refractivity contribution in [2.75, 3.05) is 28.2 Å². The number of benzene rings is 1. The molecule has 0 aliphatic rings. The zero-order valence-corrected chi connectivity index (χ0v) is 13.2. The summed E-state index contributed by atoms with van der Waals surface area (Å²) < 4.78 is 4.81. The Hall–Kier alpha value is -0.643. The van der Waals surface area contributed by atoms with Gasteiger partial charge >= 0.3 is 0 Å². The van der Waals surface area contributed by atoms with Gasteiger partial charge in [-0.2, -0.15) is 0 Å². The fourth-order valence-electron chi connectivity index (χ4n) is 2.43. The topological polar surface area (TPSA) is 6.48 Å². The maximum atomic E-state index is 2.40. The Morgan fingerprint density at radius 3 is 2.06 bits per heavy atom. The molecule has 0 N–H and O–H groups in total. The van der Waals surface area contributed by atoms with Gasteiger partial charge in [-0.3, -0.25) is 0 Å². The molecule has 1 aromatic rings. The van der Waals surface area contributed by atoms with Crippen LogP contribution in [0.4, 0.5) is 0 Å². The monoisotopic (exact) mass is 250 g/mol. The summed E-state index contributed by atoms with van der Waals surface area (Å²) in [6, 6.07) is 8.96. The van der Waals surface area contributed by atoms with E-state index in [9.17, 15) is 0 Å². The lowest BCUT2D eigenvalue weighted by Gasteiger charge is -2.31. The summed E-state index contributed by atoms with van der Waals surface area (Å²) in [5, 5.41) is 1.57. The summed E-state index contributed by atoms with van der Waals surface area (Å²) in [4.78, 5) is 0. The molecule has 1 aromatic carbocycles. The Morgan fingerprint density at radius 1 is 1.06 bits per heavy atom. The fraction of sp³-hybridized carbons (Fsp3) is 0.571. The van der Waals surface area contributed by atoms with Crippen molar-refractivity contribution in [3.63, 3.8) is 0 Å². The third kappa shape index (κ3) is 3.41. The van der Waals surface area contributed by atoms with E-state index in [0.29, 0.717) is 5.92 Å². The first-order valence-corrected chi connectivity index (χ1v) is 8.01. The maximum absolute atomic E-state index is 2.40. The first-order valence-electron chi connectivity index (χ1n) is 6.40. The number of hydrogen-bond acceptors (Lipinski definition) is 2. The van der Waals surface area contributed by atoms with Crippen LogP contribution in [0.15, 0.2) is 24.3 Å². The molecule has 3 heteroatoms. The van der Waals surface area contributed by atoms with Crippen molar-refractivity contribution < 1.29 is 0 Å². The van der Waals surface area contributed by atoms with Gasteiger partial charge in [-0.05, 0) is 51.3 Å². The first-order chi connectivity index (χ1) is 7.99. The van der Waals surface area contributed by atoms with E-state index >= 15 is 0 Å². The van der Waals surface area contributed by atoms with Crippen molar-refractivity contribution in [3.05, 3.63) is 29.8 Å². The molecule has 0 bridgehead atoms. The molecule has 2 nitrogen and oxygen atoms in total. The predicted octanol–water partition coefficient (Wildman–Crippen LogP) is 1.75. The molecule has 0 radical (unpaired) electrons. The Morgan fingerprint density at radius 2 is 1.59 bits per heavy atom. The highest BCUT2D eigenvalue weighted by Gasteiger charge is 2.23. The van der Waals surface area contributed by atoms with E-state index in [2.05, 4.69) is 75.4 Å². The second-order valence-electron chi connectivity index (χ2n) is 5.24. The quantitative estimate of drug-likeness (QED) is 0.735. The zero-order valence-electron chi connectivity index (χ0n) is 12.1. The molecule has 1 atom stereocenters. The van der Waals surface area contributed by atoms with E-state index in [-0.39, 0.29) is 0 Å². The second-order valence-corrected chi connectivity index (χ2v) is 8.67. The molecule has 96 valence electrons. The average Bonchev–Trinajstić information content (AvgIpc) is 2.28. The van der Waals surface area contributed by atoms with E-state index in [0.717, 1.165) is 0 Å². The molecular formula is C14H26N2Si. The molecule has 0 amide bonds. The summed E-state index contributed by atoms with van der Waals surface area (Å²) in [7, 11) is 7.61. The van der Waals surface area contributed by atoms with Crippen LogP contribution in [0.5, 0.6) is 0 Å². The van der Waals surface area contributed by atoms with Crippen LogP contribution in [0.2, 0.25) is 0 Å². The van der Waals surface area contributed by atoms with Gasteiger partial charge in [0, 0.05) is 0 Å². The van der Waals surface area contributed by atoms with Crippen molar-refractivity contribution in [1.29, 1.82) is 0 Å². The normalized spacial score (nSPS) is 13.7. The van der Waals surface area contributed by atoms with Crippen LogP contribution in [0, 0.1) is 0 Å². The molecule has 0 spiro atoms. The van der Waals surface area contributed by atoms with Crippen molar-refractivity contribution in [2.24, 2.45) is 0 Å². The van der Waals surface area contributed by atoms with Crippen LogP contribution in [0.3, 0.4) is 0 Å². The summed E-state index contributed by atoms with van der Waals surface area (Å²) in [6.45, 7) is 4.60. The minimum Gasteiger partial charge on any atom is -0.316 e. The van der Waals surface area contributed by atoms with Crippen LogP contribution in [-0.4, -0.2) is 46.4 Å². The number of hydrogen-bond donors (Lipinski definition) is 0. The molecule has 0 aromatic heterocycles. The van der Waals surface area contributed by atoms with E-state index in [4.69, 9.17) is 0 Å². The molecule has 17 heavy (non-hydrogen) atoms. The van der Waals surface area contributed by atoms with Crippen LogP contribution in [0.1, 0.15) is 31.7 Å². The summed E-state index contributed by atoms with van der Waals surface area (Å²) >= 11 is 0. The molecule has 1 rings (SSSR count). The lowest BCUT2D eigenvalue weighted by Crippen LogP contribution is -2.55. The SMILES string of the molecule is CCC(C)c1ccccc1[SiH](N(C)C)N(C)C. The fourth-order valence-corrected chi connectivity index (χ4v) is 5.43. The molecular weight excluding hydrogens is 224 g/mol. The van der Waals surface area contributed by atoms with Gasteiger partial charge < -0.3 is 9.13 Å². The second kappa shape index (κ2) is 6.33. The maximum Gasteiger partial charge on any atom is 0.222 e. The van der Waals surface area contributed by atoms with Crippen molar-refractivity contribution in [2.45, 2.75) is 26.2 Å². The highest BCUT2D eigenvalue weighted by atomic mass is 28.3. The molecule has 0 saturated carbocycles. The van der Waals surface area contributed by atoms with Gasteiger partial charge in [0.15, 0.2) is 0 Å². The van der Waals surface area contributed by atoms with Gasteiger partial charge in [0.05, 0.1) is 0 Å². The number of rotatable bonds is 5. The zero-order chi connectivity index (χ0) is 13.0. The molecule has 0 aliphatic heterocycles. The molecule has 0 fully saturated rings. The van der Waals surface area contributed by atoms with E-state index in [1.54, 1.807) is 5.19 Å². The smallest absolute Gasteiger partial charge is 0.222 e. The minimum absolute atomic E-state index is 0.654. The van der Waals surface area contributed by atoms with E-state index < -0.39 is 9.12 Å². The third-order valence-electron chi connectivity index (χ3n) is 3.40. The van der Waals surface area contributed by atoms with E-state index in [1.165, 1.54) is 12.0 Å². The highest BCUT2D eigenvalue weighted by molar-refractivity contribution is 6.68. The Labute approximate surface area is 108 Å². The Bertz CT molecular complexity index is 342. The molecule has 0 heterocycles. The van der Waals surface area contributed by atoms with Gasteiger partial charge in [-0.1, -0.05) is 38.1 Å².